The van der Waals surface area contributed by atoms with Crippen molar-refractivity contribution in [3.63, 3.8) is 0 Å². The van der Waals surface area contributed by atoms with E-state index in [1.54, 1.807) is 14.3 Å². The van der Waals surface area contributed by atoms with Gasteiger partial charge in [-0.15, -0.1) is 11.3 Å². The van der Waals surface area contributed by atoms with Crippen LogP contribution in [-0.2, 0) is 13.0 Å². The van der Waals surface area contributed by atoms with Crippen molar-refractivity contribution >= 4 is 33.1 Å². The Balaban J connectivity index is 1.72. The van der Waals surface area contributed by atoms with E-state index < -0.39 is 0 Å². The van der Waals surface area contributed by atoms with Crippen molar-refractivity contribution in [2.75, 3.05) is 44.6 Å². The van der Waals surface area contributed by atoms with E-state index in [0.717, 1.165) is 49.8 Å². The highest BCUT2D eigenvalue weighted by molar-refractivity contribution is 7.19. The van der Waals surface area contributed by atoms with Gasteiger partial charge < -0.3 is 15.1 Å². The summed E-state index contributed by atoms with van der Waals surface area (Å²) in [7, 11) is 0. The van der Waals surface area contributed by atoms with Crippen LogP contribution in [0.25, 0.3) is 16.0 Å². The van der Waals surface area contributed by atoms with Crippen LogP contribution in [0.4, 0.5) is 5.82 Å². The van der Waals surface area contributed by atoms with Gasteiger partial charge in [-0.25, -0.2) is 0 Å². The molecule has 3 aromatic rings. The summed E-state index contributed by atoms with van der Waals surface area (Å²) in [4.78, 5) is 10.6. The smallest absolute Gasteiger partial charge is 0.276 e. The van der Waals surface area contributed by atoms with E-state index in [0.29, 0.717) is 5.78 Å². The largest absolute Gasteiger partial charge is 0.364 e. The molecule has 26 heavy (non-hydrogen) atoms. The lowest BCUT2D eigenvalue weighted by atomic mass is 10.1. The molecule has 1 atom stereocenters. The van der Waals surface area contributed by atoms with Crippen molar-refractivity contribution in [1.29, 1.82) is 0 Å². The van der Waals surface area contributed by atoms with Crippen LogP contribution in [0, 0.1) is 0 Å². The second kappa shape index (κ2) is 7.42. The normalized spacial score (nSPS) is 17.3. The molecule has 140 valence electrons. The summed E-state index contributed by atoms with van der Waals surface area (Å²) in [6.45, 7) is 14.5. The van der Waals surface area contributed by atoms with E-state index in [2.05, 4.69) is 41.6 Å². The molecule has 0 aliphatic carbocycles. The maximum Gasteiger partial charge on any atom is 0.276 e. The van der Waals surface area contributed by atoms with E-state index in [1.807, 2.05) is 11.3 Å². The Morgan fingerprint density at radius 2 is 2.12 bits per heavy atom. The lowest BCUT2D eigenvalue weighted by Crippen LogP contribution is -3.12. The van der Waals surface area contributed by atoms with Gasteiger partial charge in [-0.1, -0.05) is 5.10 Å². The first kappa shape index (κ1) is 17.6. The van der Waals surface area contributed by atoms with Crippen LogP contribution in [0.3, 0.4) is 0 Å². The SMILES string of the molecule is CC[NH+](CC)CCNc1nc2nnnn2c2sc3c(c12)CC[NH+](CC)C3. The molecule has 3 N–H and O–H groups in total. The monoisotopic (exact) mass is 376 g/mol. The minimum absolute atomic E-state index is 0.577. The Morgan fingerprint density at radius 3 is 2.88 bits per heavy atom. The maximum absolute atomic E-state index is 4.74. The van der Waals surface area contributed by atoms with Crippen molar-refractivity contribution in [3.8, 4) is 0 Å². The van der Waals surface area contributed by atoms with Gasteiger partial charge in [0, 0.05) is 6.42 Å². The molecule has 0 bridgehead atoms. The Bertz CT molecular complexity index is 897. The topological polar surface area (TPSA) is 76.9 Å². The van der Waals surface area contributed by atoms with E-state index in [4.69, 9.17) is 4.98 Å². The third-order valence-corrected chi connectivity index (χ3v) is 6.78. The average Bonchev–Trinajstić information content (AvgIpc) is 3.28. The van der Waals surface area contributed by atoms with Crippen molar-refractivity contribution in [2.24, 2.45) is 0 Å². The molecule has 8 nitrogen and oxygen atoms in total. The Morgan fingerprint density at radius 1 is 1.27 bits per heavy atom. The second-order valence-electron chi connectivity index (χ2n) is 6.95. The van der Waals surface area contributed by atoms with Gasteiger partial charge in [-0.2, -0.15) is 9.50 Å². The number of likely N-dealkylation sites (N-methyl/N-ethyl adjacent to an activating group) is 2. The zero-order chi connectivity index (χ0) is 18.1. The third kappa shape index (κ3) is 3.04. The van der Waals surface area contributed by atoms with Crippen molar-refractivity contribution in [2.45, 2.75) is 33.7 Å². The third-order valence-electron chi connectivity index (χ3n) is 5.58. The molecule has 1 aliphatic rings. The van der Waals surface area contributed by atoms with Crippen LogP contribution < -0.4 is 15.1 Å². The molecule has 3 aromatic heterocycles. The summed E-state index contributed by atoms with van der Waals surface area (Å²) >= 11 is 1.83. The van der Waals surface area contributed by atoms with Gasteiger partial charge in [0.25, 0.3) is 5.78 Å². The summed E-state index contributed by atoms with van der Waals surface area (Å²) in [5.41, 5.74) is 1.45. The number of hydrogen-bond acceptors (Lipinski definition) is 6. The van der Waals surface area contributed by atoms with E-state index in [9.17, 15) is 0 Å². The van der Waals surface area contributed by atoms with Gasteiger partial charge in [-0.3, -0.25) is 0 Å². The predicted octanol–water partition coefficient (Wildman–Crippen LogP) is -0.968. The van der Waals surface area contributed by atoms with Gasteiger partial charge in [0.15, 0.2) is 0 Å². The molecular formula is C17H28N8S+2. The lowest BCUT2D eigenvalue weighted by molar-refractivity contribution is -0.913. The van der Waals surface area contributed by atoms with Crippen molar-refractivity contribution in [3.05, 3.63) is 10.4 Å². The van der Waals surface area contributed by atoms with Crippen LogP contribution in [0.1, 0.15) is 31.2 Å². The van der Waals surface area contributed by atoms with Gasteiger partial charge in [0.05, 0.1) is 49.5 Å². The number of hydrogen-bond donors (Lipinski definition) is 3. The first-order valence-electron chi connectivity index (χ1n) is 9.68. The standard InChI is InChI=1S/C17H26N8S/c1-4-23(5-2)10-8-18-15-14-12-7-9-24(6-3)11-13(12)26-16(14)25-17(19-15)20-21-22-25/h4-11H2,1-3H3,(H,18,19,20,22)/p+2. The highest BCUT2D eigenvalue weighted by atomic mass is 32.1. The minimum atomic E-state index is 0.577. The van der Waals surface area contributed by atoms with Gasteiger partial charge in [-0.05, 0) is 36.8 Å². The van der Waals surface area contributed by atoms with Crippen molar-refractivity contribution < 1.29 is 9.80 Å². The molecule has 0 amide bonds. The van der Waals surface area contributed by atoms with Crippen molar-refractivity contribution in [1.82, 2.24) is 25.0 Å². The maximum atomic E-state index is 4.74. The summed E-state index contributed by atoms with van der Waals surface area (Å²) in [5, 5.41) is 16.9. The molecule has 0 aromatic carbocycles. The molecule has 0 radical (unpaired) electrons. The number of nitrogens with one attached hydrogen (secondary N) is 3. The van der Waals surface area contributed by atoms with E-state index in [-0.39, 0.29) is 0 Å². The quantitative estimate of drug-likeness (QED) is 0.495. The van der Waals surface area contributed by atoms with E-state index in [1.165, 1.54) is 28.9 Å². The first-order valence-corrected chi connectivity index (χ1v) is 10.5. The van der Waals surface area contributed by atoms with Crippen LogP contribution in [0.2, 0.25) is 0 Å². The molecule has 1 unspecified atom stereocenters. The molecule has 0 spiro atoms. The second-order valence-corrected chi connectivity index (χ2v) is 8.03. The summed E-state index contributed by atoms with van der Waals surface area (Å²) in [6.07, 6.45) is 1.10. The number of fused-ring (bicyclic) bond motifs is 5. The highest BCUT2D eigenvalue weighted by Gasteiger charge is 2.27. The number of anilines is 1. The summed E-state index contributed by atoms with van der Waals surface area (Å²) < 4.78 is 1.80. The van der Waals surface area contributed by atoms with Crippen LogP contribution in [0.5, 0.6) is 0 Å². The number of nitrogens with zero attached hydrogens (tertiary/aromatic N) is 5. The lowest BCUT2D eigenvalue weighted by Gasteiger charge is -2.22. The molecule has 0 saturated heterocycles. The fourth-order valence-electron chi connectivity index (χ4n) is 3.85. The fourth-order valence-corrected chi connectivity index (χ4v) is 5.21. The molecule has 4 rings (SSSR count). The van der Waals surface area contributed by atoms with Gasteiger partial charge in [0.2, 0.25) is 0 Å². The predicted molar refractivity (Wildman–Crippen MR) is 103 cm³/mol. The first-order chi connectivity index (χ1) is 12.7. The summed E-state index contributed by atoms with van der Waals surface area (Å²) in [5.74, 6) is 1.53. The number of tetrazole rings is 1. The zero-order valence-corrected chi connectivity index (χ0v) is 16.6. The fraction of sp³-hybridized carbons (Fsp3) is 0.647. The number of thiophene rings is 1. The molecule has 0 saturated carbocycles. The number of quaternary nitrogens is 2. The summed E-state index contributed by atoms with van der Waals surface area (Å²) in [6, 6.07) is 0. The Hall–Kier alpha value is -1.84. The Labute approximate surface area is 157 Å². The van der Waals surface area contributed by atoms with Gasteiger partial charge in [0.1, 0.15) is 17.2 Å². The van der Waals surface area contributed by atoms with Gasteiger partial charge >= 0.3 is 0 Å². The average molecular weight is 377 g/mol. The molecule has 1 aliphatic heterocycles. The Kier molecular flexibility index (Phi) is 5.01. The molecule has 4 heterocycles. The van der Waals surface area contributed by atoms with Crippen LogP contribution in [0.15, 0.2) is 0 Å². The number of aromatic nitrogens is 5. The number of rotatable bonds is 7. The molecule has 9 heteroatoms. The minimum Gasteiger partial charge on any atom is -0.364 e. The molecule has 0 fully saturated rings. The van der Waals surface area contributed by atoms with Crippen LogP contribution in [-0.4, -0.2) is 64.3 Å². The van der Waals surface area contributed by atoms with Crippen LogP contribution >= 0.6 is 11.3 Å². The zero-order valence-electron chi connectivity index (χ0n) is 15.8. The molecular weight excluding hydrogens is 348 g/mol. The van der Waals surface area contributed by atoms with E-state index >= 15 is 0 Å². The highest BCUT2D eigenvalue weighted by Crippen LogP contribution is 2.36.